The van der Waals surface area contributed by atoms with E-state index in [1.54, 1.807) is 70.7 Å². The Morgan fingerprint density at radius 3 is 2.54 bits per heavy atom. The van der Waals surface area contributed by atoms with E-state index in [0.717, 1.165) is 17.7 Å². The molecule has 6 nitrogen and oxygen atoms in total. The Morgan fingerprint density at radius 2 is 1.80 bits per heavy atom. The summed E-state index contributed by atoms with van der Waals surface area (Å²) in [7, 11) is 1.53. The lowest BCUT2D eigenvalue weighted by atomic mass is 10.1. The number of methoxy groups -OCH3 is 1. The molecule has 4 aromatic rings. The SMILES string of the molecule is COc1cccc(C(=O)N(Cc2cccnc2)Cc2nccn2Cc2cccc(C(F)(F)F)c2)c1. The van der Waals surface area contributed by atoms with Crippen molar-refractivity contribution >= 4 is 5.91 Å². The number of nitrogens with zero attached hydrogens (tertiary/aromatic N) is 4. The van der Waals surface area contributed by atoms with E-state index in [-0.39, 0.29) is 25.5 Å². The van der Waals surface area contributed by atoms with Crippen molar-refractivity contribution in [2.45, 2.75) is 25.8 Å². The number of hydrogen-bond donors (Lipinski definition) is 0. The van der Waals surface area contributed by atoms with E-state index < -0.39 is 11.7 Å². The maximum absolute atomic E-state index is 13.5. The molecule has 0 unspecified atom stereocenters. The maximum Gasteiger partial charge on any atom is 0.416 e. The first-order chi connectivity index (χ1) is 16.8. The third kappa shape index (κ3) is 6.06. The van der Waals surface area contributed by atoms with Gasteiger partial charge in [-0.2, -0.15) is 13.2 Å². The Labute approximate surface area is 200 Å². The van der Waals surface area contributed by atoms with Crippen LogP contribution in [0.4, 0.5) is 13.2 Å². The normalized spacial score (nSPS) is 11.3. The topological polar surface area (TPSA) is 60.2 Å². The zero-order valence-corrected chi connectivity index (χ0v) is 18.9. The summed E-state index contributed by atoms with van der Waals surface area (Å²) in [6.45, 7) is 0.616. The molecule has 2 aromatic carbocycles. The zero-order valence-electron chi connectivity index (χ0n) is 18.9. The van der Waals surface area contributed by atoms with E-state index in [1.165, 1.54) is 13.2 Å². The van der Waals surface area contributed by atoms with Crippen LogP contribution in [0.1, 0.15) is 32.9 Å². The van der Waals surface area contributed by atoms with E-state index in [1.807, 2.05) is 6.07 Å². The van der Waals surface area contributed by atoms with Crippen LogP contribution in [0.2, 0.25) is 0 Å². The van der Waals surface area contributed by atoms with Crippen molar-refractivity contribution in [3.8, 4) is 5.75 Å². The number of halogens is 3. The summed E-state index contributed by atoms with van der Waals surface area (Å²) in [6.07, 6.45) is 2.17. The standard InChI is InChI=1S/C26H23F3N4O2/c1-35-23-9-3-7-21(14-23)25(34)33(17-20-6-4-10-30-15-20)18-24-31-11-12-32(24)16-19-5-2-8-22(13-19)26(27,28)29/h2-15H,16-18H2,1H3. The van der Waals surface area contributed by atoms with Crippen molar-refractivity contribution in [3.05, 3.63) is 114 Å². The van der Waals surface area contributed by atoms with Gasteiger partial charge < -0.3 is 14.2 Å². The number of hydrogen-bond acceptors (Lipinski definition) is 4. The molecule has 35 heavy (non-hydrogen) atoms. The number of amides is 1. The summed E-state index contributed by atoms with van der Waals surface area (Å²) < 4.78 is 46.4. The van der Waals surface area contributed by atoms with Crippen molar-refractivity contribution < 1.29 is 22.7 Å². The van der Waals surface area contributed by atoms with Crippen molar-refractivity contribution in [2.75, 3.05) is 7.11 Å². The Morgan fingerprint density at radius 1 is 1.00 bits per heavy atom. The number of ether oxygens (including phenoxy) is 1. The molecule has 4 rings (SSSR count). The molecule has 0 fully saturated rings. The molecule has 0 aliphatic rings. The van der Waals surface area contributed by atoms with Gasteiger partial charge in [-0.1, -0.05) is 24.3 Å². The molecule has 0 bridgehead atoms. The van der Waals surface area contributed by atoms with E-state index in [0.29, 0.717) is 22.7 Å². The largest absolute Gasteiger partial charge is 0.497 e. The lowest BCUT2D eigenvalue weighted by molar-refractivity contribution is -0.137. The van der Waals surface area contributed by atoms with Gasteiger partial charge in [0.05, 0.1) is 19.2 Å². The first-order valence-electron chi connectivity index (χ1n) is 10.8. The molecule has 9 heteroatoms. The smallest absolute Gasteiger partial charge is 0.416 e. The second-order valence-electron chi connectivity index (χ2n) is 7.92. The molecular weight excluding hydrogens is 457 g/mol. The number of imidazole rings is 1. The van der Waals surface area contributed by atoms with Gasteiger partial charge >= 0.3 is 6.18 Å². The van der Waals surface area contributed by atoms with Crippen molar-refractivity contribution in [1.82, 2.24) is 19.4 Å². The van der Waals surface area contributed by atoms with Gasteiger partial charge in [0.1, 0.15) is 11.6 Å². The van der Waals surface area contributed by atoms with Crippen molar-refractivity contribution in [3.63, 3.8) is 0 Å². The number of alkyl halides is 3. The van der Waals surface area contributed by atoms with E-state index >= 15 is 0 Å². The maximum atomic E-state index is 13.5. The molecule has 1 amide bonds. The third-order valence-electron chi connectivity index (χ3n) is 5.44. The molecular formula is C26H23F3N4O2. The Balaban J connectivity index is 1.60. The van der Waals surface area contributed by atoms with Gasteiger partial charge in [-0.15, -0.1) is 0 Å². The first kappa shape index (κ1) is 24.0. The number of rotatable bonds is 8. The fourth-order valence-corrected chi connectivity index (χ4v) is 3.70. The minimum Gasteiger partial charge on any atom is -0.497 e. The molecule has 2 heterocycles. The van der Waals surface area contributed by atoms with E-state index in [9.17, 15) is 18.0 Å². The molecule has 0 spiro atoms. The van der Waals surface area contributed by atoms with Crippen LogP contribution in [0.3, 0.4) is 0 Å². The van der Waals surface area contributed by atoms with Gasteiger partial charge in [-0.05, 0) is 47.5 Å². The monoisotopic (exact) mass is 480 g/mol. The molecule has 0 aliphatic heterocycles. The van der Waals surface area contributed by atoms with Crippen LogP contribution in [0, 0.1) is 0 Å². The van der Waals surface area contributed by atoms with Gasteiger partial charge in [-0.3, -0.25) is 9.78 Å². The fraction of sp³-hybridized carbons (Fsp3) is 0.192. The van der Waals surface area contributed by atoms with Crippen LogP contribution in [0.15, 0.2) is 85.5 Å². The van der Waals surface area contributed by atoms with Crippen LogP contribution in [-0.2, 0) is 25.8 Å². The third-order valence-corrected chi connectivity index (χ3v) is 5.44. The predicted octanol–water partition coefficient (Wildman–Crippen LogP) is 5.20. The summed E-state index contributed by atoms with van der Waals surface area (Å²) in [4.78, 5) is 23.6. The van der Waals surface area contributed by atoms with Gasteiger partial charge in [0.2, 0.25) is 0 Å². The summed E-state index contributed by atoms with van der Waals surface area (Å²) in [5.74, 6) is 0.868. The number of aromatic nitrogens is 3. The average molecular weight is 480 g/mol. The summed E-state index contributed by atoms with van der Waals surface area (Å²) in [6, 6.07) is 15.7. The van der Waals surface area contributed by atoms with Gasteiger partial charge in [0, 0.05) is 43.4 Å². The summed E-state index contributed by atoms with van der Waals surface area (Å²) >= 11 is 0. The highest BCUT2D eigenvalue weighted by Gasteiger charge is 2.30. The molecule has 0 aliphatic carbocycles. The van der Waals surface area contributed by atoms with E-state index in [2.05, 4.69) is 9.97 Å². The van der Waals surface area contributed by atoms with E-state index in [4.69, 9.17) is 4.74 Å². The average Bonchev–Trinajstić information content (AvgIpc) is 3.29. The van der Waals surface area contributed by atoms with Crippen molar-refractivity contribution in [2.24, 2.45) is 0 Å². The van der Waals surface area contributed by atoms with Crippen LogP contribution in [-0.4, -0.2) is 32.5 Å². The Kier molecular flexibility index (Phi) is 7.14. The van der Waals surface area contributed by atoms with Crippen molar-refractivity contribution in [1.29, 1.82) is 0 Å². The molecule has 0 saturated carbocycles. The quantitative estimate of drug-likeness (QED) is 0.348. The van der Waals surface area contributed by atoms with Gasteiger partial charge in [-0.25, -0.2) is 4.98 Å². The number of carbonyl (C=O) groups excluding carboxylic acids is 1. The highest BCUT2D eigenvalue weighted by Crippen LogP contribution is 2.29. The minimum absolute atomic E-state index is 0.150. The Bertz CT molecular complexity index is 1290. The highest BCUT2D eigenvalue weighted by atomic mass is 19.4. The van der Waals surface area contributed by atoms with Crippen LogP contribution in [0.25, 0.3) is 0 Å². The lowest BCUT2D eigenvalue weighted by Crippen LogP contribution is -2.31. The zero-order chi connectivity index (χ0) is 24.8. The molecule has 0 N–H and O–H groups in total. The minimum atomic E-state index is -4.42. The molecule has 0 atom stereocenters. The number of pyridine rings is 1. The second-order valence-corrected chi connectivity index (χ2v) is 7.92. The Hall–Kier alpha value is -4.14. The van der Waals surface area contributed by atoms with Crippen LogP contribution >= 0.6 is 0 Å². The fourth-order valence-electron chi connectivity index (χ4n) is 3.70. The van der Waals surface area contributed by atoms with Crippen LogP contribution in [0.5, 0.6) is 5.75 Å². The summed E-state index contributed by atoms with van der Waals surface area (Å²) in [5, 5.41) is 0. The number of carbonyl (C=O) groups is 1. The highest BCUT2D eigenvalue weighted by molar-refractivity contribution is 5.94. The summed E-state index contributed by atoms with van der Waals surface area (Å²) in [5.41, 5.74) is 1.06. The van der Waals surface area contributed by atoms with Crippen LogP contribution < -0.4 is 4.74 Å². The molecule has 2 aromatic heterocycles. The molecule has 0 radical (unpaired) electrons. The molecule has 180 valence electrons. The molecule has 0 saturated heterocycles. The first-order valence-corrected chi connectivity index (χ1v) is 10.8. The number of benzene rings is 2. The lowest BCUT2D eigenvalue weighted by Gasteiger charge is -2.23. The second kappa shape index (κ2) is 10.4. The van der Waals surface area contributed by atoms with Gasteiger partial charge in [0.15, 0.2) is 0 Å². The predicted molar refractivity (Wildman–Crippen MR) is 124 cm³/mol. The van der Waals surface area contributed by atoms with Gasteiger partial charge in [0.25, 0.3) is 5.91 Å².